The van der Waals surface area contributed by atoms with E-state index >= 15 is 0 Å². The number of nitrogens with zero attached hydrogens (tertiary/aromatic N) is 4. The molecule has 8 nitrogen and oxygen atoms in total. The second-order valence-electron chi connectivity index (χ2n) is 6.93. The third kappa shape index (κ3) is 5.22. The lowest BCUT2D eigenvalue weighted by Crippen LogP contribution is -2.12. The minimum absolute atomic E-state index is 0.109. The maximum atomic E-state index is 12.5. The predicted molar refractivity (Wildman–Crippen MR) is 120 cm³/mol. The minimum atomic E-state index is -0.109. The van der Waals surface area contributed by atoms with Crippen LogP contribution in [0.5, 0.6) is 11.5 Å². The summed E-state index contributed by atoms with van der Waals surface area (Å²) >= 11 is 1.36. The van der Waals surface area contributed by atoms with E-state index in [2.05, 4.69) is 21.5 Å². The monoisotopic (exact) mass is 439 g/mol. The van der Waals surface area contributed by atoms with Gasteiger partial charge in [-0.25, -0.2) is 4.98 Å². The van der Waals surface area contributed by atoms with E-state index < -0.39 is 0 Å². The lowest BCUT2D eigenvalue weighted by molar-refractivity contribution is -0.116. The molecule has 31 heavy (non-hydrogen) atoms. The van der Waals surface area contributed by atoms with Gasteiger partial charge in [-0.1, -0.05) is 0 Å². The zero-order valence-electron chi connectivity index (χ0n) is 18.1. The number of methoxy groups -OCH3 is 2. The molecule has 0 aliphatic rings. The highest BCUT2D eigenvalue weighted by molar-refractivity contribution is 7.14. The smallest absolute Gasteiger partial charge is 0.226 e. The number of aryl methyl sites for hydroxylation is 2. The van der Waals surface area contributed by atoms with Crippen LogP contribution in [0.15, 0.2) is 23.6 Å². The average Bonchev–Trinajstić information content (AvgIpc) is 3.34. The van der Waals surface area contributed by atoms with E-state index in [1.807, 2.05) is 42.1 Å². The largest absolute Gasteiger partial charge is 0.497 e. The maximum Gasteiger partial charge on any atom is 0.226 e. The Kier molecular flexibility index (Phi) is 7.26. The van der Waals surface area contributed by atoms with Gasteiger partial charge in [0.05, 0.1) is 44.6 Å². The first-order chi connectivity index (χ1) is 15.0. The molecule has 1 aromatic carbocycles. The summed E-state index contributed by atoms with van der Waals surface area (Å²) in [6.45, 7) is 4.46. The highest BCUT2D eigenvalue weighted by atomic mass is 32.1. The summed E-state index contributed by atoms with van der Waals surface area (Å²) in [5.41, 5.74) is 4.46. The molecular weight excluding hydrogens is 414 g/mol. The van der Waals surface area contributed by atoms with E-state index in [0.717, 1.165) is 22.5 Å². The fourth-order valence-electron chi connectivity index (χ4n) is 3.36. The minimum Gasteiger partial charge on any atom is -0.497 e. The molecule has 0 saturated carbocycles. The second kappa shape index (κ2) is 10.1. The molecule has 0 radical (unpaired) electrons. The van der Waals surface area contributed by atoms with Gasteiger partial charge in [-0.2, -0.15) is 10.4 Å². The maximum absolute atomic E-state index is 12.5. The first-order valence-corrected chi connectivity index (χ1v) is 10.7. The van der Waals surface area contributed by atoms with Gasteiger partial charge in [-0.3, -0.25) is 9.48 Å². The van der Waals surface area contributed by atoms with Gasteiger partial charge >= 0.3 is 0 Å². The van der Waals surface area contributed by atoms with Crippen LogP contribution in [0.3, 0.4) is 0 Å². The Bertz CT molecular complexity index is 1110. The van der Waals surface area contributed by atoms with Gasteiger partial charge in [-0.05, 0) is 44.0 Å². The molecular formula is C22H25N5O3S. The number of benzene rings is 1. The molecule has 0 saturated heterocycles. The molecule has 1 amide bonds. The van der Waals surface area contributed by atoms with E-state index in [1.54, 1.807) is 14.2 Å². The van der Waals surface area contributed by atoms with Gasteiger partial charge in [0.2, 0.25) is 5.91 Å². The second-order valence-corrected chi connectivity index (χ2v) is 7.79. The van der Waals surface area contributed by atoms with E-state index in [4.69, 9.17) is 14.7 Å². The van der Waals surface area contributed by atoms with Crippen LogP contribution in [0.2, 0.25) is 0 Å². The van der Waals surface area contributed by atoms with Gasteiger partial charge in [-0.15, -0.1) is 11.3 Å². The number of hydrogen-bond donors (Lipinski definition) is 1. The zero-order chi connectivity index (χ0) is 22.4. The zero-order valence-corrected chi connectivity index (χ0v) is 18.9. The standard InChI is InChI=1S/C22H25N5O3S/c1-14-17(15(2)27(26-14)11-5-10-23)7-9-21(28)25-22-24-19(13-31-22)18-12-16(29-3)6-8-20(18)30-4/h6,8,12-13H,5,7,9,11H2,1-4H3,(H,24,25,28). The van der Waals surface area contributed by atoms with Gasteiger partial charge in [0.15, 0.2) is 5.13 Å². The summed E-state index contributed by atoms with van der Waals surface area (Å²) in [6.07, 6.45) is 1.31. The van der Waals surface area contributed by atoms with E-state index in [1.165, 1.54) is 11.3 Å². The molecule has 2 heterocycles. The first kappa shape index (κ1) is 22.3. The Morgan fingerprint density at radius 1 is 1.29 bits per heavy atom. The summed E-state index contributed by atoms with van der Waals surface area (Å²) in [7, 11) is 3.21. The number of thiazole rings is 1. The van der Waals surface area contributed by atoms with Gasteiger partial charge < -0.3 is 14.8 Å². The number of ether oxygens (including phenoxy) is 2. The number of carbonyl (C=O) groups is 1. The Morgan fingerprint density at radius 3 is 2.81 bits per heavy atom. The highest BCUT2D eigenvalue weighted by Crippen LogP contribution is 2.35. The van der Waals surface area contributed by atoms with Crippen molar-refractivity contribution >= 4 is 22.4 Å². The van der Waals surface area contributed by atoms with Crippen molar-refractivity contribution in [2.24, 2.45) is 0 Å². The number of nitrogens with one attached hydrogen (secondary N) is 1. The van der Waals surface area contributed by atoms with E-state index in [-0.39, 0.29) is 5.91 Å². The lowest BCUT2D eigenvalue weighted by atomic mass is 10.1. The molecule has 1 N–H and O–H groups in total. The molecule has 0 spiro atoms. The summed E-state index contributed by atoms with van der Waals surface area (Å²) in [5, 5.41) is 18.5. The predicted octanol–water partition coefficient (Wildman–Crippen LogP) is 4.13. The van der Waals surface area contributed by atoms with Crippen molar-refractivity contribution in [3.05, 3.63) is 40.5 Å². The molecule has 0 unspecified atom stereocenters. The van der Waals surface area contributed by atoms with Crippen LogP contribution in [-0.2, 0) is 17.8 Å². The fraction of sp³-hybridized carbons (Fsp3) is 0.364. The van der Waals surface area contributed by atoms with Gasteiger partial charge in [0.25, 0.3) is 0 Å². The third-order valence-corrected chi connectivity index (χ3v) is 5.76. The van der Waals surface area contributed by atoms with Crippen LogP contribution in [-0.4, -0.2) is 34.9 Å². The Morgan fingerprint density at radius 2 is 2.10 bits per heavy atom. The van der Waals surface area contributed by atoms with Crippen molar-refractivity contribution in [2.75, 3.05) is 19.5 Å². The molecule has 162 valence electrons. The van der Waals surface area contributed by atoms with Crippen molar-refractivity contribution < 1.29 is 14.3 Å². The number of hydrogen-bond acceptors (Lipinski definition) is 7. The molecule has 9 heteroatoms. The lowest BCUT2D eigenvalue weighted by Gasteiger charge is -2.08. The Hall–Kier alpha value is -3.38. The molecule has 0 fully saturated rings. The number of carbonyl (C=O) groups excluding carboxylic acids is 1. The van der Waals surface area contributed by atoms with Crippen LogP contribution in [0.4, 0.5) is 5.13 Å². The van der Waals surface area contributed by atoms with Crippen LogP contribution in [0.25, 0.3) is 11.3 Å². The number of amides is 1. The summed E-state index contributed by atoms with van der Waals surface area (Å²) < 4.78 is 12.5. The quantitative estimate of drug-likeness (QED) is 0.538. The summed E-state index contributed by atoms with van der Waals surface area (Å²) in [6, 6.07) is 7.64. The normalized spacial score (nSPS) is 10.5. The molecule has 3 rings (SSSR count). The summed E-state index contributed by atoms with van der Waals surface area (Å²) in [5.74, 6) is 1.28. The van der Waals surface area contributed by atoms with Crippen LogP contribution in [0, 0.1) is 25.2 Å². The Balaban J connectivity index is 1.65. The molecule has 2 aromatic heterocycles. The number of anilines is 1. The number of rotatable bonds is 9. The molecule has 0 bridgehead atoms. The third-order valence-electron chi connectivity index (χ3n) is 5.00. The van der Waals surface area contributed by atoms with Crippen molar-refractivity contribution in [1.29, 1.82) is 5.26 Å². The molecule has 3 aromatic rings. The number of aromatic nitrogens is 3. The van der Waals surface area contributed by atoms with Crippen LogP contribution >= 0.6 is 11.3 Å². The number of nitriles is 1. The van der Waals surface area contributed by atoms with Crippen molar-refractivity contribution in [1.82, 2.24) is 14.8 Å². The molecule has 0 aliphatic heterocycles. The average molecular weight is 440 g/mol. The highest BCUT2D eigenvalue weighted by Gasteiger charge is 2.15. The fourth-order valence-corrected chi connectivity index (χ4v) is 4.09. The summed E-state index contributed by atoms with van der Waals surface area (Å²) in [4.78, 5) is 17.0. The topological polar surface area (TPSA) is 102 Å². The van der Waals surface area contributed by atoms with Crippen molar-refractivity contribution in [2.45, 2.75) is 39.7 Å². The molecule has 0 aliphatic carbocycles. The van der Waals surface area contributed by atoms with Crippen molar-refractivity contribution in [3.8, 4) is 28.8 Å². The van der Waals surface area contributed by atoms with E-state index in [0.29, 0.717) is 48.1 Å². The van der Waals surface area contributed by atoms with Gasteiger partial charge in [0, 0.05) is 23.1 Å². The van der Waals surface area contributed by atoms with Gasteiger partial charge in [0.1, 0.15) is 11.5 Å². The first-order valence-electron chi connectivity index (χ1n) is 9.84. The van der Waals surface area contributed by atoms with E-state index in [9.17, 15) is 4.79 Å². The van der Waals surface area contributed by atoms with Crippen LogP contribution < -0.4 is 14.8 Å². The van der Waals surface area contributed by atoms with Crippen LogP contribution in [0.1, 0.15) is 29.8 Å². The van der Waals surface area contributed by atoms with Crippen molar-refractivity contribution in [3.63, 3.8) is 0 Å². The Labute approximate surface area is 185 Å². The SMILES string of the molecule is COc1ccc(OC)c(-c2csc(NC(=O)CCc3c(C)nn(CCC#N)c3C)n2)c1. The molecule has 0 atom stereocenters.